The first-order valence-corrected chi connectivity index (χ1v) is 5.83. The molecule has 17 heavy (non-hydrogen) atoms. The number of hydrogen-bond donors (Lipinski definition) is 0. The summed E-state index contributed by atoms with van der Waals surface area (Å²) >= 11 is 0. The van der Waals surface area contributed by atoms with Crippen LogP contribution in [-0.2, 0) is 6.18 Å². The molecule has 92 valence electrons. The zero-order valence-electron chi connectivity index (χ0n) is 9.56. The lowest BCUT2D eigenvalue weighted by Gasteiger charge is -2.25. The third-order valence-corrected chi connectivity index (χ3v) is 3.35. The van der Waals surface area contributed by atoms with Crippen molar-refractivity contribution in [3.05, 3.63) is 47.5 Å². The molecule has 1 aliphatic rings. The Kier molecular flexibility index (Phi) is 3.27. The molecule has 0 spiro atoms. The van der Waals surface area contributed by atoms with Gasteiger partial charge in [0, 0.05) is 5.92 Å². The van der Waals surface area contributed by atoms with E-state index in [0.29, 0.717) is 0 Å². The molecule has 1 unspecified atom stereocenters. The lowest BCUT2D eigenvalue weighted by molar-refractivity contribution is -0.137. The highest BCUT2D eigenvalue weighted by molar-refractivity contribution is 5.33. The van der Waals surface area contributed by atoms with Crippen molar-refractivity contribution >= 4 is 0 Å². The van der Waals surface area contributed by atoms with Crippen molar-refractivity contribution in [3.8, 4) is 0 Å². The lowest BCUT2D eigenvalue weighted by Crippen LogP contribution is -2.10. The van der Waals surface area contributed by atoms with E-state index in [1.54, 1.807) is 6.07 Å². The minimum absolute atomic E-state index is 0.103. The Morgan fingerprint density at radius 3 is 2.59 bits per heavy atom. The molecule has 0 radical (unpaired) electrons. The monoisotopic (exact) mass is 240 g/mol. The molecule has 0 N–H and O–H groups in total. The average Bonchev–Trinajstić information content (AvgIpc) is 2.29. The summed E-state index contributed by atoms with van der Waals surface area (Å²) in [5.41, 5.74) is 1.26. The normalized spacial score (nSPS) is 21.6. The van der Waals surface area contributed by atoms with Crippen LogP contribution in [0.25, 0.3) is 0 Å². The fourth-order valence-corrected chi connectivity index (χ4v) is 2.41. The summed E-state index contributed by atoms with van der Waals surface area (Å²) in [5, 5.41) is 0. The van der Waals surface area contributed by atoms with Crippen LogP contribution in [-0.4, -0.2) is 0 Å². The van der Waals surface area contributed by atoms with E-state index in [1.807, 2.05) is 0 Å². The Morgan fingerprint density at radius 1 is 1.18 bits per heavy atom. The van der Waals surface area contributed by atoms with Crippen molar-refractivity contribution in [3.63, 3.8) is 0 Å². The van der Waals surface area contributed by atoms with Gasteiger partial charge in [0.25, 0.3) is 0 Å². The molecule has 0 heterocycles. The molecule has 0 bridgehead atoms. The molecule has 1 atom stereocenters. The molecule has 0 amide bonds. The summed E-state index contributed by atoms with van der Waals surface area (Å²) < 4.78 is 37.8. The van der Waals surface area contributed by atoms with E-state index < -0.39 is 11.7 Å². The molecule has 1 aromatic rings. The maximum absolute atomic E-state index is 12.6. The minimum atomic E-state index is -4.26. The maximum atomic E-state index is 12.6. The van der Waals surface area contributed by atoms with E-state index in [0.717, 1.165) is 42.9 Å². The van der Waals surface area contributed by atoms with Gasteiger partial charge in [-0.2, -0.15) is 13.2 Å². The van der Waals surface area contributed by atoms with Crippen LogP contribution >= 0.6 is 0 Å². The highest BCUT2D eigenvalue weighted by Crippen LogP contribution is 2.38. The van der Waals surface area contributed by atoms with Crippen LogP contribution < -0.4 is 0 Å². The average molecular weight is 240 g/mol. The number of rotatable bonds is 1. The lowest BCUT2D eigenvalue weighted by atomic mass is 9.80. The van der Waals surface area contributed by atoms with Crippen LogP contribution in [0.2, 0.25) is 0 Å². The second kappa shape index (κ2) is 4.55. The predicted molar refractivity (Wildman–Crippen MR) is 61.8 cm³/mol. The van der Waals surface area contributed by atoms with Gasteiger partial charge in [0.05, 0.1) is 5.56 Å². The van der Waals surface area contributed by atoms with Crippen LogP contribution in [0.5, 0.6) is 0 Å². The first-order chi connectivity index (χ1) is 7.98. The summed E-state index contributed by atoms with van der Waals surface area (Å²) in [6.07, 6.45) is -0.235. The molecule has 2 rings (SSSR count). The van der Waals surface area contributed by atoms with Gasteiger partial charge in [-0.15, -0.1) is 0 Å². The number of alkyl halides is 3. The van der Waals surface area contributed by atoms with Gasteiger partial charge in [-0.05, 0) is 30.9 Å². The van der Waals surface area contributed by atoms with Crippen molar-refractivity contribution in [1.29, 1.82) is 0 Å². The molecular weight excluding hydrogens is 225 g/mol. The number of allylic oxidation sites excluding steroid dienone is 1. The van der Waals surface area contributed by atoms with Crippen molar-refractivity contribution in [2.24, 2.45) is 0 Å². The summed E-state index contributed by atoms with van der Waals surface area (Å²) in [4.78, 5) is 0. The molecule has 3 heteroatoms. The zero-order valence-corrected chi connectivity index (χ0v) is 9.56. The van der Waals surface area contributed by atoms with Gasteiger partial charge in [-0.3, -0.25) is 0 Å². The number of hydrogen-bond acceptors (Lipinski definition) is 0. The van der Waals surface area contributed by atoms with E-state index in [4.69, 9.17) is 0 Å². The van der Waals surface area contributed by atoms with Crippen molar-refractivity contribution in [2.75, 3.05) is 0 Å². The first-order valence-electron chi connectivity index (χ1n) is 5.83. The van der Waals surface area contributed by atoms with E-state index in [2.05, 4.69) is 6.58 Å². The van der Waals surface area contributed by atoms with Crippen LogP contribution in [0.15, 0.2) is 36.4 Å². The standard InChI is InChI=1S/C14H15F3/c1-10-5-2-3-8-13(10)11-6-4-7-12(9-11)14(15,16)17/h4,6-7,9,13H,1-3,5,8H2. The highest BCUT2D eigenvalue weighted by Gasteiger charge is 2.31. The molecular formula is C14H15F3. The van der Waals surface area contributed by atoms with E-state index >= 15 is 0 Å². The van der Waals surface area contributed by atoms with Gasteiger partial charge in [0.2, 0.25) is 0 Å². The van der Waals surface area contributed by atoms with Crippen LogP contribution in [0, 0.1) is 0 Å². The molecule has 0 nitrogen and oxygen atoms in total. The van der Waals surface area contributed by atoms with Crippen LogP contribution in [0.3, 0.4) is 0 Å². The highest BCUT2D eigenvalue weighted by atomic mass is 19.4. The topological polar surface area (TPSA) is 0 Å². The number of halogens is 3. The predicted octanol–water partition coefficient (Wildman–Crippen LogP) is 4.92. The fourth-order valence-electron chi connectivity index (χ4n) is 2.41. The van der Waals surface area contributed by atoms with E-state index in [9.17, 15) is 13.2 Å². The molecule has 0 aliphatic heterocycles. The molecule has 0 saturated heterocycles. The van der Waals surface area contributed by atoms with E-state index in [-0.39, 0.29) is 5.92 Å². The molecule has 1 aliphatic carbocycles. The summed E-state index contributed by atoms with van der Waals surface area (Å²) in [7, 11) is 0. The SMILES string of the molecule is C=C1CCCCC1c1cccc(C(F)(F)F)c1. The van der Waals surface area contributed by atoms with E-state index in [1.165, 1.54) is 12.1 Å². The molecule has 1 aromatic carbocycles. The Bertz CT molecular complexity index is 418. The second-order valence-corrected chi connectivity index (χ2v) is 4.58. The Balaban J connectivity index is 2.29. The third-order valence-electron chi connectivity index (χ3n) is 3.35. The quantitative estimate of drug-likeness (QED) is 0.611. The maximum Gasteiger partial charge on any atom is 0.416 e. The van der Waals surface area contributed by atoms with Gasteiger partial charge in [-0.1, -0.05) is 36.8 Å². The molecule has 1 fully saturated rings. The summed E-state index contributed by atoms with van der Waals surface area (Å²) in [5.74, 6) is 0.103. The third kappa shape index (κ3) is 2.71. The molecule has 0 aromatic heterocycles. The smallest absolute Gasteiger partial charge is 0.166 e. The molecule has 1 saturated carbocycles. The van der Waals surface area contributed by atoms with Crippen LogP contribution in [0.1, 0.15) is 42.7 Å². The first kappa shape index (κ1) is 12.2. The fraction of sp³-hybridized carbons (Fsp3) is 0.429. The van der Waals surface area contributed by atoms with Crippen molar-refractivity contribution in [2.45, 2.75) is 37.8 Å². The minimum Gasteiger partial charge on any atom is -0.166 e. The Labute approximate surface area is 99.2 Å². The van der Waals surface area contributed by atoms with Crippen molar-refractivity contribution < 1.29 is 13.2 Å². The van der Waals surface area contributed by atoms with Gasteiger partial charge >= 0.3 is 6.18 Å². The summed E-state index contributed by atoms with van der Waals surface area (Å²) in [6.45, 7) is 3.98. The Hall–Kier alpha value is -1.25. The summed E-state index contributed by atoms with van der Waals surface area (Å²) in [6, 6.07) is 5.65. The van der Waals surface area contributed by atoms with Gasteiger partial charge in [-0.25, -0.2) is 0 Å². The van der Waals surface area contributed by atoms with Gasteiger partial charge in [0.1, 0.15) is 0 Å². The Morgan fingerprint density at radius 2 is 1.94 bits per heavy atom. The largest absolute Gasteiger partial charge is 0.416 e. The van der Waals surface area contributed by atoms with Gasteiger partial charge < -0.3 is 0 Å². The zero-order chi connectivity index (χ0) is 12.5. The van der Waals surface area contributed by atoms with Crippen molar-refractivity contribution in [1.82, 2.24) is 0 Å². The second-order valence-electron chi connectivity index (χ2n) is 4.58. The van der Waals surface area contributed by atoms with Crippen LogP contribution in [0.4, 0.5) is 13.2 Å². The van der Waals surface area contributed by atoms with Gasteiger partial charge in [0.15, 0.2) is 0 Å². The number of benzene rings is 1.